The molecular weight excluding hydrogens is 473 g/mol. The average Bonchev–Trinajstić information content (AvgIpc) is 3.12. The van der Waals surface area contributed by atoms with Gasteiger partial charge in [-0.2, -0.15) is 0 Å². The maximum Gasteiger partial charge on any atom is 0.311 e. The van der Waals surface area contributed by atoms with Crippen molar-refractivity contribution < 1.29 is 28.6 Å². The normalized spacial score (nSPS) is 20.2. The first-order chi connectivity index (χ1) is 17.1. The molecule has 1 fully saturated rings. The number of hydrogen-bond acceptors (Lipinski definition) is 7. The molecule has 2 aliphatic heterocycles. The Morgan fingerprint density at radius 3 is 2.72 bits per heavy atom. The number of nitrogens with zero attached hydrogens (tertiary/aromatic N) is 3. The van der Waals surface area contributed by atoms with Gasteiger partial charge in [0.05, 0.1) is 7.11 Å². The van der Waals surface area contributed by atoms with Crippen LogP contribution in [0.15, 0.2) is 23.0 Å². The van der Waals surface area contributed by atoms with E-state index >= 15 is 0 Å². The van der Waals surface area contributed by atoms with Crippen molar-refractivity contribution in [2.24, 2.45) is 5.92 Å². The van der Waals surface area contributed by atoms with E-state index in [-0.39, 0.29) is 30.6 Å². The van der Waals surface area contributed by atoms with Gasteiger partial charge in [-0.25, -0.2) is 9.37 Å². The minimum Gasteiger partial charge on any atom is -0.501 e. The molecule has 1 aromatic heterocycles. The van der Waals surface area contributed by atoms with E-state index in [4.69, 9.17) is 4.74 Å². The molecule has 3 atom stereocenters. The molecule has 5 rings (SSSR count). The number of aromatic hydroxyl groups is 1. The van der Waals surface area contributed by atoms with Gasteiger partial charge in [0.15, 0.2) is 5.69 Å². The van der Waals surface area contributed by atoms with Gasteiger partial charge in [-0.1, -0.05) is 6.07 Å². The maximum atomic E-state index is 13.5. The molecule has 3 heterocycles. The number of carbonyl (C=O) groups excluding carboxylic acids is 3. The van der Waals surface area contributed by atoms with E-state index in [0.717, 1.165) is 6.42 Å². The second-order valence-corrected chi connectivity index (χ2v) is 9.29. The lowest BCUT2D eigenvalue weighted by Crippen LogP contribution is -2.48. The zero-order chi connectivity index (χ0) is 26.1. The summed E-state index contributed by atoms with van der Waals surface area (Å²) in [4.78, 5) is 56.0. The molecule has 1 aromatic carbocycles. The van der Waals surface area contributed by atoms with E-state index in [9.17, 15) is 28.7 Å². The second-order valence-electron chi connectivity index (χ2n) is 9.29. The quantitative estimate of drug-likeness (QED) is 0.506. The van der Waals surface area contributed by atoms with Crippen LogP contribution in [0.5, 0.6) is 11.5 Å². The Bertz CT molecular complexity index is 1280. The van der Waals surface area contributed by atoms with Crippen LogP contribution < -0.4 is 20.9 Å². The summed E-state index contributed by atoms with van der Waals surface area (Å²) in [5.41, 5.74) is -0.685. The SMILES string of the molecule is COc1cc(F)ccc1CNC(=O)c1nc2n(c(=O)c1O)CC1CCC2C(NC(=O)C(=O)N(C)C)C1. The molecule has 2 bridgehead atoms. The molecule has 2 aromatic rings. The third-order valence-electron chi connectivity index (χ3n) is 6.73. The van der Waals surface area contributed by atoms with Crippen LogP contribution in [0.2, 0.25) is 0 Å². The van der Waals surface area contributed by atoms with E-state index < -0.39 is 52.5 Å². The molecule has 0 radical (unpaired) electrons. The van der Waals surface area contributed by atoms with Gasteiger partial charge in [0.2, 0.25) is 5.75 Å². The molecule has 0 saturated heterocycles. The first kappa shape index (κ1) is 25.1. The molecular formula is C24H28FN5O6. The monoisotopic (exact) mass is 501 g/mol. The van der Waals surface area contributed by atoms with Gasteiger partial charge in [0.25, 0.3) is 11.5 Å². The minimum absolute atomic E-state index is 0.0341. The van der Waals surface area contributed by atoms with Gasteiger partial charge in [0.1, 0.15) is 17.4 Å². The van der Waals surface area contributed by atoms with Crippen molar-refractivity contribution in [3.05, 3.63) is 51.5 Å². The first-order valence-electron chi connectivity index (χ1n) is 11.6. The molecule has 3 N–H and O–H groups in total. The summed E-state index contributed by atoms with van der Waals surface area (Å²) in [6, 6.07) is 3.40. The largest absolute Gasteiger partial charge is 0.501 e. The van der Waals surface area contributed by atoms with Gasteiger partial charge in [-0.15, -0.1) is 0 Å². The summed E-state index contributed by atoms with van der Waals surface area (Å²) in [6.45, 7) is 0.229. The number of nitrogens with one attached hydrogen (secondary N) is 2. The van der Waals surface area contributed by atoms with E-state index in [2.05, 4.69) is 15.6 Å². The number of methoxy groups -OCH3 is 1. The van der Waals surface area contributed by atoms with Gasteiger partial charge < -0.3 is 25.4 Å². The lowest BCUT2D eigenvalue weighted by Gasteiger charge is -2.32. The number of likely N-dealkylation sites (N-methyl/N-ethyl adjacent to an activating group) is 1. The van der Waals surface area contributed by atoms with Crippen molar-refractivity contribution in [2.45, 2.75) is 44.3 Å². The van der Waals surface area contributed by atoms with Gasteiger partial charge in [-0.05, 0) is 31.2 Å². The molecule has 3 amide bonds. The summed E-state index contributed by atoms with van der Waals surface area (Å²) in [5, 5.41) is 15.9. The van der Waals surface area contributed by atoms with E-state index in [0.29, 0.717) is 18.4 Å². The Labute approximate surface area is 206 Å². The van der Waals surface area contributed by atoms with Crippen molar-refractivity contribution in [1.29, 1.82) is 0 Å². The number of ether oxygens (including phenoxy) is 1. The molecule has 3 aliphatic rings. The maximum absolute atomic E-state index is 13.5. The zero-order valence-electron chi connectivity index (χ0n) is 20.2. The van der Waals surface area contributed by atoms with Gasteiger partial charge >= 0.3 is 11.8 Å². The second kappa shape index (κ2) is 9.96. The van der Waals surface area contributed by atoms with E-state index in [1.807, 2.05) is 0 Å². The van der Waals surface area contributed by atoms with Crippen molar-refractivity contribution in [2.75, 3.05) is 21.2 Å². The van der Waals surface area contributed by atoms with Crippen molar-refractivity contribution in [3.63, 3.8) is 0 Å². The number of aromatic nitrogens is 2. The molecule has 192 valence electrons. The smallest absolute Gasteiger partial charge is 0.311 e. The van der Waals surface area contributed by atoms with E-state index in [1.165, 1.54) is 48.9 Å². The van der Waals surface area contributed by atoms with Crippen LogP contribution in [0.3, 0.4) is 0 Å². The fourth-order valence-electron chi connectivity index (χ4n) is 4.89. The molecule has 11 nitrogen and oxygen atoms in total. The van der Waals surface area contributed by atoms with Crippen LogP contribution in [-0.4, -0.2) is 64.5 Å². The summed E-state index contributed by atoms with van der Waals surface area (Å²) < 4.78 is 20.0. The third kappa shape index (κ3) is 4.75. The highest BCUT2D eigenvalue weighted by Crippen LogP contribution is 2.40. The van der Waals surface area contributed by atoms with Crippen molar-refractivity contribution >= 4 is 17.7 Å². The van der Waals surface area contributed by atoms with Crippen LogP contribution >= 0.6 is 0 Å². The Morgan fingerprint density at radius 1 is 1.28 bits per heavy atom. The third-order valence-corrected chi connectivity index (χ3v) is 6.73. The number of benzene rings is 1. The van der Waals surface area contributed by atoms with Gasteiger partial charge in [0, 0.05) is 50.8 Å². The topological polar surface area (TPSA) is 143 Å². The predicted molar refractivity (Wildman–Crippen MR) is 125 cm³/mol. The number of carbonyl (C=O) groups is 3. The number of halogens is 1. The fraction of sp³-hybridized carbons (Fsp3) is 0.458. The van der Waals surface area contributed by atoms with Crippen LogP contribution in [0.25, 0.3) is 0 Å². The first-order valence-corrected chi connectivity index (χ1v) is 11.6. The van der Waals surface area contributed by atoms with Crippen LogP contribution in [0.4, 0.5) is 4.39 Å². The van der Waals surface area contributed by atoms with Crippen LogP contribution in [0, 0.1) is 11.7 Å². The predicted octanol–water partition coefficient (Wildman–Crippen LogP) is 0.497. The zero-order valence-corrected chi connectivity index (χ0v) is 20.2. The number of fused-ring (bicyclic) bond motifs is 2. The molecule has 1 saturated carbocycles. The Balaban J connectivity index is 1.62. The lowest BCUT2D eigenvalue weighted by molar-refractivity contribution is -0.144. The van der Waals surface area contributed by atoms with Crippen molar-refractivity contribution in [3.8, 4) is 11.5 Å². The Morgan fingerprint density at radius 2 is 2.03 bits per heavy atom. The standard InChI is InChI=1S/C24H28FN5O6/c1-29(2)24(35)22(33)27-16-8-12-4-7-15(16)20-28-18(19(31)23(34)30(20)11-12)21(32)26-10-13-5-6-14(25)9-17(13)36-3/h5-6,9,12,15-16,31H,4,7-8,10-11H2,1-3H3,(H,26,32)(H,27,33). The average molecular weight is 502 g/mol. The number of hydrogen-bond donors (Lipinski definition) is 3. The summed E-state index contributed by atoms with van der Waals surface area (Å²) in [6.07, 6.45) is 1.90. The highest BCUT2D eigenvalue weighted by Gasteiger charge is 2.41. The fourth-order valence-corrected chi connectivity index (χ4v) is 4.89. The van der Waals surface area contributed by atoms with E-state index in [1.54, 1.807) is 0 Å². The molecule has 12 heteroatoms. The lowest BCUT2D eigenvalue weighted by atomic mass is 9.79. The molecule has 3 unspecified atom stereocenters. The highest BCUT2D eigenvalue weighted by molar-refractivity contribution is 6.34. The minimum atomic E-state index is -0.790. The van der Waals surface area contributed by atoms with Crippen LogP contribution in [0.1, 0.15) is 47.1 Å². The van der Waals surface area contributed by atoms with Gasteiger partial charge in [-0.3, -0.25) is 23.7 Å². The van der Waals surface area contributed by atoms with Crippen LogP contribution in [-0.2, 0) is 22.7 Å². The Hall–Kier alpha value is -3.96. The molecule has 1 aliphatic carbocycles. The molecule has 36 heavy (non-hydrogen) atoms. The summed E-state index contributed by atoms with van der Waals surface area (Å²) in [7, 11) is 4.33. The summed E-state index contributed by atoms with van der Waals surface area (Å²) >= 11 is 0. The number of amides is 3. The highest BCUT2D eigenvalue weighted by atomic mass is 19.1. The summed E-state index contributed by atoms with van der Waals surface area (Å²) in [5.74, 6) is -3.37. The van der Waals surface area contributed by atoms with Crippen molar-refractivity contribution in [1.82, 2.24) is 25.1 Å². The number of rotatable bonds is 5. The molecule has 0 spiro atoms. The Kier molecular flexibility index (Phi) is 6.95.